The van der Waals surface area contributed by atoms with Gasteiger partial charge in [-0.2, -0.15) is 0 Å². The van der Waals surface area contributed by atoms with E-state index in [0.29, 0.717) is 5.25 Å². The minimum Gasteiger partial charge on any atom is -0.327 e. The molecule has 0 fully saturated rings. The van der Waals surface area contributed by atoms with Gasteiger partial charge in [0.2, 0.25) is 0 Å². The van der Waals surface area contributed by atoms with Crippen LogP contribution in [-0.2, 0) is 0 Å². The van der Waals surface area contributed by atoms with E-state index < -0.39 is 0 Å². The van der Waals surface area contributed by atoms with Gasteiger partial charge in [-0.15, -0.1) is 11.8 Å². The zero-order valence-electron chi connectivity index (χ0n) is 7.97. The van der Waals surface area contributed by atoms with E-state index in [1.165, 1.54) is 0 Å². The quantitative estimate of drug-likeness (QED) is 0.746. The molecule has 4 heteroatoms. The lowest BCUT2D eigenvalue weighted by molar-refractivity contribution is 0.641. The van der Waals surface area contributed by atoms with E-state index in [2.05, 4.69) is 23.8 Å². The lowest BCUT2D eigenvalue weighted by atomic mass is 10.2. The first-order chi connectivity index (χ1) is 6.24. The van der Waals surface area contributed by atoms with Crippen molar-refractivity contribution in [3.05, 3.63) is 18.6 Å². The molecule has 2 unspecified atom stereocenters. The number of aromatic nitrogens is 2. The van der Waals surface area contributed by atoms with Gasteiger partial charge in [-0.25, -0.2) is 4.98 Å². The van der Waals surface area contributed by atoms with E-state index in [-0.39, 0.29) is 6.04 Å². The van der Waals surface area contributed by atoms with Crippen LogP contribution in [0, 0.1) is 0 Å². The minimum absolute atomic E-state index is 0.229. The zero-order chi connectivity index (χ0) is 9.68. The standard InChI is InChI=1S/C9H15N3S/c1-3-8(10)7(2)13-9-6-11-4-5-12-9/h4-8H,3,10H2,1-2H3. The maximum atomic E-state index is 5.90. The monoisotopic (exact) mass is 197 g/mol. The van der Waals surface area contributed by atoms with Crippen molar-refractivity contribution in [3.8, 4) is 0 Å². The van der Waals surface area contributed by atoms with E-state index in [4.69, 9.17) is 5.73 Å². The summed E-state index contributed by atoms with van der Waals surface area (Å²) in [5, 5.41) is 1.33. The maximum absolute atomic E-state index is 5.90. The molecular weight excluding hydrogens is 182 g/mol. The van der Waals surface area contributed by atoms with Crippen molar-refractivity contribution >= 4 is 11.8 Å². The highest BCUT2D eigenvalue weighted by Gasteiger charge is 2.12. The van der Waals surface area contributed by atoms with Crippen LogP contribution in [0.2, 0.25) is 0 Å². The van der Waals surface area contributed by atoms with Crippen LogP contribution < -0.4 is 5.73 Å². The molecule has 0 bridgehead atoms. The highest BCUT2D eigenvalue weighted by Crippen LogP contribution is 2.22. The van der Waals surface area contributed by atoms with Crippen LogP contribution in [0.4, 0.5) is 0 Å². The zero-order valence-corrected chi connectivity index (χ0v) is 8.79. The summed E-state index contributed by atoms with van der Waals surface area (Å²) in [6, 6.07) is 0.229. The normalized spacial score (nSPS) is 15.3. The second kappa shape index (κ2) is 5.19. The summed E-state index contributed by atoms with van der Waals surface area (Å²) < 4.78 is 0. The van der Waals surface area contributed by atoms with Gasteiger partial charge in [0, 0.05) is 23.7 Å². The third-order valence-corrected chi connectivity index (χ3v) is 3.09. The molecule has 0 spiro atoms. The van der Waals surface area contributed by atoms with E-state index in [9.17, 15) is 0 Å². The number of thioether (sulfide) groups is 1. The fourth-order valence-corrected chi connectivity index (χ4v) is 1.95. The lowest BCUT2D eigenvalue weighted by Gasteiger charge is -2.16. The SMILES string of the molecule is CCC(N)C(C)Sc1cnccn1. The third kappa shape index (κ3) is 3.32. The van der Waals surface area contributed by atoms with Crippen molar-refractivity contribution in [2.75, 3.05) is 0 Å². The summed E-state index contributed by atoms with van der Waals surface area (Å²) in [6.45, 7) is 4.21. The van der Waals surface area contributed by atoms with Crippen molar-refractivity contribution in [2.45, 2.75) is 36.6 Å². The fourth-order valence-electron chi connectivity index (χ4n) is 0.956. The second-order valence-electron chi connectivity index (χ2n) is 2.94. The summed E-state index contributed by atoms with van der Waals surface area (Å²) in [5.41, 5.74) is 5.90. The van der Waals surface area contributed by atoms with E-state index in [1.807, 2.05) is 0 Å². The van der Waals surface area contributed by atoms with Crippen molar-refractivity contribution in [2.24, 2.45) is 5.73 Å². The summed E-state index contributed by atoms with van der Waals surface area (Å²) in [4.78, 5) is 8.18. The Labute approximate surface area is 83.2 Å². The average molecular weight is 197 g/mol. The van der Waals surface area contributed by atoms with Crippen LogP contribution in [0.1, 0.15) is 20.3 Å². The van der Waals surface area contributed by atoms with Gasteiger partial charge in [0.25, 0.3) is 0 Å². The predicted molar refractivity (Wildman–Crippen MR) is 55.6 cm³/mol. The van der Waals surface area contributed by atoms with Gasteiger partial charge >= 0.3 is 0 Å². The van der Waals surface area contributed by atoms with Crippen LogP contribution in [0.3, 0.4) is 0 Å². The molecule has 0 amide bonds. The van der Waals surface area contributed by atoms with E-state index >= 15 is 0 Å². The lowest BCUT2D eigenvalue weighted by Crippen LogP contribution is -2.29. The Balaban J connectivity index is 2.50. The smallest absolute Gasteiger partial charge is 0.115 e. The highest BCUT2D eigenvalue weighted by atomic mass is 32.2. The molecule has 0 saturated heterocycles. The molecule has 0 aliphatic heterocycles. The summed E-state index contributed by atoms with van der Waals surface area (Å²) >= 11 is 1.68. The van der Waals surface area contributed by atoms with Crippen LogP contribution in [0.25, 0.3) is 0 Å². The minimum atomic E-state index is 0.229. The van der Waals surface area contributed by atoms with Crippen LogP contribution in [0.15, 0.2) is 23.6 Å². The van der Waals surface area contributed by atoms with E-state index in [0.717, 1.165) is 11.4 Å². The van der Waals surface area contributed by atoms with Gasteiger partial charge in [-0.05, 0) is 6.42 Å². The molecule has 1 rings (SSSR count). The first-order valence-electron chi connectivity index (χ1n) is 4.42. The Morgan fingerprint density at radius 2 is 2.31 bits per heavy atom. The van der Waals surface area contributed by atoms with Gasteiger partial charge < -0.3 is 5.73 Å². The van der Waals surface area contributed by atoms with Crippen LogP contribution >= 0.6 is 11.8 Å². The molecule has 1 heterocycles. The Kier molecular flexibility index (Phi) is 4.18. The Hall–Kier alpha value is -0.610. The molecule has 0 aliphatic rings. The molecule has 0 saturated carbocycles. The van der Waals surface area contributed by atoms with Crippen molar-refractivity contribution in [1.29, 1.82) is 0 Å². The molecule has 0 aliphatic carbocycles. The molecule has 3 nitrogen and oxygen atoms in total. The Morgan fingerprint density at radius 1 is 1.54 bits per heavy atom. The maximum Gasteiger partial charge on any atom is 0.115 e. The third-order valence-electron chi connectivity index (χ3n) is 1.92. The molecule has 0 radical (unpaired) electrons. The predicted octanol–water partition coefficient (Wildman–Crippen LogP) is 1.69. The van der Waals surface area contributed by atoms with Crippen LogP contribution in [-0.4, -0.2) is 21.3 Å². The van der Waals surface area contributed by atoms with Gasteiger partial charge in [-0.1, -0.05) is 13.8 Å². The molecule has 1 aromatic heterocycles. The molecule has 72 valence electrons. The summed E-state index contributed by atoms with van der Waals surface area (Å²) in [7, 11) is 0. The highest BCUT2D eigenvalue weighted by molar-refractivity contribution is 7.99. The molecule has 0 aromatic carbocycles. The largest absolute Gasteiger partial charge is 0.327 e. The molecule has 1 aromatic rings. The fraction of sp³-hybridized carbons (Fsp3) is 0.556. The number of hydrogen-bond donors (Lipinski definition) is 1. The molecule has 13 heavy (non-hydrogen) atoms. The van der Waals surface area contributed by atoms with Crippen molar-refractivity contribution in [1.82, 2.24) is 9.97 Å². The van der Waals surface area contributed by atoms with Gasteiger partial charge in [-0.3, -0.25) is 4.98 Å². The Bertz CT molecular complexity index is 240. The number of hydrogen-bond acceptors (Lipinski definition) is 4. The second-order valence-corrected chi connectivity index (χ2v) is 4.34. The molecule has 2 N–H and O–H groups in total. The number of rotatable bonds is 4. The van der Waals surface area contributed by atoms with Gasteiger partial charge in [0.05, 0.1) is 6.20 Å². The van der Waals surface area contributed by atoms with Crippen molar-refractivity contribution < 1.29 is 0 Å². The van der Waals surface area contributed by atoms with Crippen molar-refractivity contribution in [3.63, 3.8) is 0 Å². The van der Waals surface area contributed by atoms with Gasteiger partial charge in [0.1, 0.15) is 5.03 Å². The first kappa shape index (κ1) is 10.5. The van der Waals surface area contributed by atoms with Crippen LogP contribution in [0.5, 0.6) is 0 Å². The summed E-state index contributed by atoms with van der Waals surface area (Å²) in [5.74, 6) is 0. The number of nitrogens with two attached hydrogens (primary N) is 1. The summed E-state index contributed by atoms with van der Waals surface area (Å²) in [6.07, 6.45) is 6.14. The molecular formula is C9H15N3S. The topological polar surface area (TPSA) is 51.8 Å². The van der Waals surface area contributed by atoms with E-state index in [1.54, 1.807) is 30.4 Å². The average Bonchev–Trinajstić information content (AvgIpc) is 2.18. The Morgan fingerprint density at radius 3 is 2.85 bits per heavy atom. The molecule has 2 atom stereocenters. The first-order valence-corrected chi connectivity index (χ1v) is 5.30. The van der Waals surface area contributed by atoms with Gasteiger partial charge in [0.15, 0.2) is 0 Å². The number of nitrogens with zero attached hydrogens (tertiary/aromatic N) is 2.